The minimum atomic E-state index is -0.630. The van der Waals surface area contributed by atoms with Crippen molar-refractivity contribution in [3.8, 4) is 11.5 Å². The number of piperazine rings is 1. The van der Waals surface area contributed by atoms with Gasteiger partial charge in [0.2, 0.25) is 0 Å². The van der Waals surface area contributed by atoms with Crippen LogP contribution in [0.4, 0.5) is 0 Å². The molecule has 3 aromatic rings. The summed E-state index contributed by atoms with van der Waals surface area (Å²) in [5.74, 6) is 0.874. The van der Waals surface area contributed by atoms with Crippen LogP contribution in [-0.4, -0.2) is 90.8 Å². The number of aliphatic hydroxyl groups excluding tert-OH is 1. The average Bonchev–Trinajstić information content (AvgIpc) is 2.89. The lowest BCUT2D eigenvalue weighted by molar-refractivity contribution is 0.0272. The summed E-state index contributed by atoms with van der Waals surface area (Å²) in [4.78, 5) is 31.9. The topological polar surface area (TPSA) is 82.6 Å². The van der Waals surface area contributed by atoms with Gasteiger partial charge in [0, 0.05) is 55.3 Å². The van der Waals surface area contributed by atoms with Gasteiger partial charge in [0.25, 0.3) is 11.8 Å². The van der Waals surface area contributed by atoms with Gasteiger partial charge in [0.1, 0.15) is 24.2 Å². The number of carbonyl (C=O) groups excluding carboxylic acids is 2. The molecule has 0 bridgehead atoms. The third-order valence-electron chi connectivity index (χ3n) is 6.61. The third kappa shape index (κ3) is 6.17. The van der Waals surface area contributed by atoms with Crippen molar-refractivity contribution >= 4 is 47.4 Å². The standard InChI is InChI=1S/C27H29N3O5.2ClH/c1-34-21-7-4-8-22(15-21)35-17-20(31)16-28-11-13-29(14-12-28)18-30-26(32)23-9-2-5-19-6-3-10-24(25(19)23)27(30)33;;/h2-10,15,20,31H,11-14,16-18H2,1H3;2*1H. The summed E-state index contributed by atoms with van der Waals surface area (Å²) >= 11 is 0. The number of hydrogen-bond acceptors (Lipinski definition) is 7. The molecule has 1 saturated heterocycles. The Bertz CT molecular complexity index is 1200. The molecule has 0 aliphatic carbocycles. The first-order valence-corrected chi connectivity index (χ1v) is 11.8. The third-order valence-corrected chi connectivity index (χ3v) is 6.61. The smallest absolute Gasteiger partial charge is 0.262 e. The Balaban J connectivity index is 0.00000190. The molecule has 1 N–H and O–H groups in total. The zero-order chi connectivity index (χ0) is 24.4. The van der Waals surface area contributed by atoms with Gasteiger partial charge < -0.3 is 14.6 Å². The lowest BCUT2D eigenvalue weighted by Gasteiger charge is -2.38. The predicted molar refractivity (Wildman–Crippen MR) is 146 cm³/mol. The van der Waals surface area contributed by atoms with Crippen LogP contribution in [0, 0.1) is 0 Å². The van der Waals surface area contributed by atoms with E-state index < -0.39 is 6.10 Å². The van der Waals surface area contributed by atoms with Crippen LogP contribution in [-0.2, 0) is 0 Å². The molecule has 5 rings (SSSR count). The number of amides is 2. The van der Waals surface area contributed by atoms with E-state index in [1.807, 2.05) is 42.5 Å². The second kappa shape index (κ2) is 12.6. The number of ether oxygens (including phenoxy) is 2. The van der Waals surface area contributed by atoms with Crippen LogP contribution in [0.1, 0.15) is 20.7 Å². The molecule has 0 spiro atoms. The highest BCUT2D eigenvalue weighted by Gasteiger charge is 2.34. The van der Waals surface area contributed by atoms with Crippen LogP contribution >= 0.6 is 24.8 Å². The Morgan fingerprint density at radius 2 is 1.41 bits per heavy atom. The molecule has 1 atom stereocenters. The van der Waals surface area contributed by atoms with Gasteiger partial charge in [-0.3, -0.25) is 24.3 Å². The van der Waals surface area contributed by atoms with E-state index in [0.717, 1.165) is 23.9 Å². The van der Waals surface area contributed by atoms with Crippen molar-refractivity contribution in [2.24, 2.45) is 0 Å². The van der Waals surface area contributed by atoms with E-state index in [2.05, 4.69) is 9.80 Å². The van der Waals surface area contributed by atoms with E-state index in [1.165, 1.54) is 4.90 Å². The summed E-state index contributed by atoms with van der Waals surface area (Å²) in [6.07, 6.45) is -0.630. The summed E-state index contributed by atoms with van der Waals surface area (Å²) in [5.41, 5.74) is 1.16. The lowest BCUT2D eigenvalue weighted by Crippen LogP contribution is -2.54. The second-order valence-corrected chi connectivity index (χ2v) is 8.95. The molecule has 0 saturated carbocycles. The molecule has 1 fully saturated rings. The average molecular weight is 548 g/mol. The molecule has 1 unspecified atom stereocenters. The summed E-state index contributed by atoms with van der Waals surface area (Å²) in [5, 5.41) is 12.1. The minimum absolute atomic E-state index is 0. The van der Waals surface area contributed by atoms with E-state index in [9.17, 15) is 14.7 Å². The monoisotopic (exact) mass is 547 g/mol. The van der Waals surface area contributed by atoms with Gasteiger partial charge in [-0.15, -0.1) is 24.8 Å². The van der Waals surface area contributed by atoms with Gasteiger partial charge in [-0.1, -0.05) is 30.3 Å². The molecule has 0 aromatic heterocycles. The number of halogens is 2. The van der Waals surface area contributed by atoms with Crippen LogP contribution in [0.3, 0.4) is 0 Å². The van der Waals surface area contributed by atoms with E-state index in [1.54, 1.807) is 25.3 Å². The number of rotatable bonds is 8. The normalized spacial score (nSPS) is 16.6. The fourth-order valence-corrected chi connectivity index (χ4v) is 4.76. The molecular formula is C27H31Cl2N3O5. The van der Waals surface area contributed by atoms with Crippen molar-refractivity contribution in [1.82, 2.24) is 14.7 Å². The second-order valence-electron chi connectivity index (χ2n) is 8.95. The quantitative estimate of drug-likeness (QED) is 0.433. The highest BCUT2D eigenvalue weighted by molar-refractivity contribution is 6.25. The Hall–Kier alpha value is -2.88. The number of aliphatic hydroxyl groups is 1. The van der Waals surface area contributed by atoms with Crippen LogP contribution in [0.25, 0.3) is 10.8 Å². The molecule has 10 heteroatoms. The zero-order valence-electron chi connectivity index (χ0n) is 20.5. The highest BCUT2D eigenvalue weighted by atomic mass is 35.5. The first-order valence-electron chi connectivity index (χ1n) is 11.8. The van der Waals surface area contributed by atoms with Gasteiger partial charge in [-0.25, -0.2) is 0 Å². The van der Waals surface area contributed by atoms with Crippen molar-refractivity contribution in [2.45, 2.75) is 6.10 Å². The van der Waals surface area contributed by atoms with Crippen molar-refractivity contribution in [2.75, 3.05) is 53.1 Å². The maximum absolute atomic E-state index is 13.1. The largest absolute Gasteiger partial charge is 0.497 e. The molecule has 3 aromatic carbocycles. The number of imide groups is 1. The minimum Gasteiger partial charge on any atom is -0.497 e. The molecular weight excluding hydrogens is 517 g/mol. The number of carbonyl (C=O) groups is 2. The molecule has 8 nitrogen and oxygen atoms in total. The maximum Gasteiger partial charge on any atom is 0.262 e. The molecule has 37 heavy (non-hydrogen) atoms. The fraction of sp³-hybridized carbons (Fsp3) is 0.333. The molecule has 2 amide bonds. The summed E-state index contributed by atoms with van der Waals surface area (Å²) in [7, 11) is 1.60. The fourth-order valence-electron chi connectivity index (χ4n) is 4.76. The molecule has 2 aliphatic heterocycles. The van der Waals surface area contributed by atoms with Gasteiger partial charge >= 0.3 is 0 Å². The van der Waals surface area contributed by atoms with Gasteiger partial charge in [0.05, 0.1) is 13.8 Å². The van der Waals surface area contributed by atoms with E-state index in [4.69, 9.17) is 9.47 Å². The predicted octanol–water partition coefficient (Wildman–Crippen LogP) is 3.30. The summed E-state index contributed by atoms with van der Waals surface area (Å²) in [6, 6.07) is 18.4. The summed E-state index contributed by atoms with van der Waals surface area (Å²) in [6.45, 7) is 3.82. The van der Waals surface area contributed by atoms with Crippen LogP contribution in [0.15, 0.2) is 60.7 Å². The van der Waals surface area contributed by atoms with Crippen LogP contribution < -0.4 is 9.47 Å². The number of methoxy groups -OCH3 is 1. The molecule has 2 heterocycles. The molecule has 198 valence electrons. The van der Waals surface area contributed by atoms with Crippen molar-refractivity contribution in [3.63, 3.8) is 0 Å². The Morgan fingerprint density at radius 3 is 2.03 bits per heavy atom. The first-order chi connectivity index (χ1) is 17.0. The molecule has 2 aliphatic rings. The van der Waals surface area contributed by atoms with Crippen molar-refractivity contribution < 1.29 is 24.2 Å². The lowest BCUT2D eigenvalue weighted by atomic mass is 9.94. The summed E-state index contributed by atoms with van der Waals surface area (Å²) < 4.78 is 10.9. The van der Waals surface area contributed by atoms with Crippen LogP contribution in [0.2, 0.25) is 0 Å². The zero-order valence-corrected chi connectivity index (χ0v) is 22.2. The maximum atomic E-state index is 13.1. The Kier molecular flexibility index (Phi) is 9.75. The van der Waals surface area contributed by atoms with Crippen molar-refractivity contribution in [1.29, 1.82) is 0 Å². The van der Waals surface area contributed by atoms with Gasteiger partial charge in [-0.2, -0.15) is 0 Å². The van der Waals surface area contributed by atoms with E-state index in [-0.39, 0.29) is 49.9 Å². The number of benzene rings is 3. The number of β-amino-alcohol motifs (C(OH)–C–C–N with tert-alkyl or cyclic N) is 1. The Morgan fingerprint density at radius 1 is 0.838 bits per heavy atom. The number of nitrogens with zero attached hydrogens (tertiary/aromatic N) is 3. The highest BCUT2D eigenvalue weighted by Crippen LogP contribution is 2.30. The van der Waals surface area contributed by atoms with E-state index in [0.29, 0.717) is 42.3 Å². The van der Waals surface area contributed by atoms with Crippen molar-refractivity contribution in [3.05, 3.63) is 71.8 Å². The van der Waals surface area contributed by atoms with Gasteiger partial charge in [-0.05, 0) is 29.7 Å². The Labute approximate surface area is 228 Å². The number of hydrogen-bond donors (Lipinski definition) is 1. The van der Waals surface area contributed by atoms with Crippen LogP contribution in [0.5, 0.6) is 11.5 Å². The van der Waals surface area contributed by atoms with E-state index >= 15 is 0 Å². The van der Waals surface area contributed by atoms with Gasteiger partial charge in [0.15, 0.2) is 0 Å². The first kappa shape index (κ1) is 28.7. The molecule has 0 radical (unpaired) electrons. The SMILES string of the molecule is COc1cccc(OCC(O)CN2CCN(CN3C(=O)c4cccc5cccc(c45)C3=O)CC2)c1.Cl.Cl.